The van der Waals surface area contributed by atoms with Crippen LogP contribution in [0.15, 0.2) is 51.2 Å². The van der Waals surface area contributed by atoms with Gasteiger partial charge in [0.15, 0.2) is 11.7 Å². The lowest BCUT2D eigenvalue weighted by Gasteiger charge is -2.27. The highest BCUT2D eigenvalue weighted by Gasteiger charge is 2.34. The van der Waals surface area contributed by atoms with Crippen molar-refractivity contribution in [2.45, 2.75) is 13.0 Å². The van der Waals surface area contributed by atoms with Crippen LogP contribution in [0.2, 0.25) is 0 Å². The molecule has 5 nitrogen and oxygen atoms in total. The van der Waals surface area contributed by atoms with E-state index in [0.717, 1.165) is 6.20 Å². The Labute approximate surface area is 181 Å². The maximum absolute atomic E-state index is 14.3. The van der Waals surface area contributed by atoms with Crippen LogP contribution in [0.3, 0.4) is 0 Å². The molecule has 3 rings (SSSR count). The Kier molecular flexibility index (Phi) is 6.74. The van der Waals surface area contributed by atoms with Crippen molar-refractivity contribution in [3.8, 4) is 0 Å². The van der Waals surface area contributed by atoms with Crippen molar-refractivity contribution in [3.05, 3.63) is 74.9 Å². The summed E-state index contributed by atoms with van der Waals surface area (Å²) in [5.41, 5.74) is 0.813. The number of amidine groups is 1. The molecule has 0 spiro atoms. The fourth-order valence-corrected chi connectivity index (χ4v) is 3.82. The first kappa shape index (κ1) is 21.5. The highest BCUT2D eigenvalue weighted by Crippen LogP contribution is 2.37. The Hall–Kier alpha value is -2.20. The summed E-state index contributed by atoms with van der Waals surface area (Å²) in [6.45, 7) is 1.80. The highest BCUT2D eigenvalue weighted by molar-refractivity contribution is 9.10. The van der Waals surface area contributed by atoms with E-state index in [1.54, 1.807) is 6.92 Å². The molecule has 0 fully saturated rings. The smallest absolute Gasteiger partial charge is 0.338 e. The summed E-state index contributed by atoms with van der Waals surface area (Å²) in [7, 11) is 0. The number of nitrogens with one attached hydrogen (secondary N) is 1. The summed E-state index contributed by atoms with van der Waals surface area (Å²) in [6, 6.07) is 3.69. The molecule has 1 unspecified atom stereocenters. The number of halogens is 5. The normalized spacial score (nSPS) is 16.3. The minimum absolute atomic E-state index is 0.00576. The number of benzene rings is 1. The molecule has 2 aromatic rings. The first-order valence-corrected chi connectivity index (χ1v) is 10.3. The van der Waals surface area contributed by atoms with Crippen molar-refractivity contribution in [2.75, 3.05) is 11.9 Å². The Balaban J connectivity index is 2.19. The lowest BCUT2D eigenvalue weighted by atomic mass is 9.95. The van der Waals surface area contributed by atoms with Crippen molar-refractivity contribution >= 4 is 43.7 Å². The Morgan fingerprint density at radius 1 is 1.24 bits per heavy atom. The third-order valence-corrected chi connectivity index (χ3v) is 5.29. The van der Waals surface area contributed by atoms with Crippen molar-refractivity contribution in [1.29, 1.82) is 0 Å². The van der Waals surface area contributed by atoms with E-state index in [9.17, 15) is 18.0 Å². The van der Waals surface area contributed by atoms with Gasteiger partial charge < -0.3 is 10.1 Å². The number of nitrogens with zero attached hydrogens (tertiary/aromatic N) is 2. The second-order valence-corrected chi connectivity index (χ2v) is 7.32. The molecule has 1 aliphatic heterocycles. The van der Waals surface area contributed by atoms with E-state index in [-0.39, 0.29) is 29.0 Å². The fourth-order valence-electron chi connectivity index (χ4n) is 2.81. The molecule has 29 heavy (non-hydrogen) atoms. The lowest BCUT2D eigenvalue weighted by molar-refractivity contribution is -0.138. The van der Waals surface area contributed by atoms with Crippen LogP contribution in [0.1, 0.15) is 24.2 Å². The summed E-state index contributed by atoms with van der Waals surface area (Å²) in [6.07, 6.45) is 0.865. The van der Waals surface area contributed by atoms with E-state index in [2.05, 4.69) is 47.2 Å². The summed E-state index contributed by atoms with van der Waals surface area (Å²) in [4.78, 5) is 20.9. The zero-order valence-corrected chi connectivity index (χ0v) is 18.2. The number of aliphatic imine (C=N–C) groups is 1. The average Bonchev–Trinajstić information content (AvgIpc) is 2.67. The molecule has 0 saturated heterocycles. The molecule has 2 heterocycles. The van der Waals surface area contributed by atoms with Gasteiger partial charge in [-0.1, -0.05) is 37.9 Å². The minimum atomic E-state index is -0.931. The van der Waals surface area contributed by atoms with Gasteiger partial charge in [0.25, 0.3) is 0 Å². The number of alkyl halides is 1. The van der Waals surface area contributed by atoms with Crippen LogP contribution in [0.25, 0.3) is 0 Å². The van der Waals surface area contributed by atoms with Crippen molar-refractivity contribution in [2.24, 2.45) is 4.99 Å². The topological polar surface area (TPSA) is 63.6 Å². The number of carbonyl (C=O) groups excluding carboxylic acids is 1. The van der Waals surface area contributed by atoms with Crippen LogP contribution < -0.4 is 5.32 Å². The maximum atomic E-state index is 14.3. The molecule has 10 heteroatoms. The first-order valence-electron chi connectivity index (χ1n) is 8.43. The molecule has 0 saturated carbocycles. The predicted molar refractivity (Wildman–Crippen MR) is 108 cm³/mol. The molecule has 0 radical (unpaired) electrons. The van der Waals surface area contributed by atoms with Crippen LogP contribution in [0.5, 0.6) is 0 Å². The Bertz CT molecular complexity index is 1030. The largest absolute Gasteiger partial charge is 0.463 e. The van der Waals surface area contributed by atoms with Gasteiger partial charge >= 0.3 is 5.97 Å². The second-order valence-electron chi connectivity index (χ2n) is 5.90. The molecule has 1 aliphatic rings. The van der Waals surface area contributed by atoms with Crippen LogP contribution in [0, 0.1) is 17.5 Å². The van der Waals surface area contributed by atoms with Crippen molar-refractivity contribution < 1.29 is 22.7 Å². The van der Waals surface area contributed by atoms with Gasteiger partial charge in [0.2, 0.25) is 0 Å². The average molecular weight is 533 g/mol. The van der Waals surface area contributed by atoms with E-state index in [4.69, 9.17) is 4.74 Å². The molecule has 0 bridgehead atoms. The van der Waals surface area contributed by atoms with Crippen molar-refractivity contribution in [1.82, 2.24) is 10.3 Å². The standard InChI is InChI=1S/C19H14Br2F3N3O2/c1-2-29-19(28)15-14(7-20)26-18(17-13(24)6-10(23)8-25-17)27-16(15)11-4-3-9(22)5-12(11)21/h3-6,8,16H,2,7H2,1H3,(H,26,27). The molecule has 1 N–H and O–H groups in total. The van der Waals surface area contributed by atoms with E-state index >= 15 is 0 Å². The van der Waals surface area contributed by atoms with Crippen molar-refractivity contribution in [3.63, 3.8) is 0 Å². The Morgan fingerprint density at radius 2 is 2.00 bits per heavy atom. The van der Waals surface area contributed by atoms with Crippen LogP contribution in [-0.2, 0) is 9.53 Å². The molecule has 1 aromatic heterocycles. The van der Waals surface area contributed by atoms with Crippen LogP contribution in [-0.4, -0.2) is 28.7 Å². The molecule has 152 valence electrons. The Morgan fingerprint density at radius 3 is 2.62 bits per heavy atom. The number of carbonyl (C=O) groups is 1. The summed E-state index contributed by atoms with van der Waals surface area (Å²) >= 11 is 6.59. The van der Waals surface area contributed by atoms with Gasteiger partial charge in [-0.05, 0) is 24.6 Å². The van der Waals surface area contributed by atoms with E-state index in [0.29, 0.717) is 21.8 Å². The van der Waals surface area contributed by atoms with E-state index in [1.165, 1.54) is 18.2 Å². The summed E-state index contributed by atoms with van der Waals surface area (Å²) in [5, 5.41) is 3.06. The highest BCUT2D eigenvalue weighted by atomic mass is 79.9. The van der Waals surface area contributed by atoms with Gasteiger partial charge in [0.1, 0.15) is 23.4 Å². The summed E-state index contributed by atoms with van der Waals surface area (Å²) in [5.74, 6) is -2.84. The molecular formula is C19H14Br2F3N3O2. The van der Waals surface area contributed by atoms with Gasteiger partial charge in [-0.3, -0.25) is 4.99 Å². The second kappa shape index (κ2) is 9.08. The number of ether oxygens (including phenoxy) is 1. The summed E-state index contributed by atoms with van der Waals surface area (Å²) < 4.78 is 46.7. The number of rotatable bonds is 5. The number of hydrogen-bond donors (Lipinski definition) is 1. The van der Waals surface area contributed by atoms with Gasteiger partial charge in [-0.15, -0.1) is 0 Å². The molecule has 0 amide bonds. The maximum Gasteiger partial charge on any atom is 0.338 e. The third kappa shape index (κ3) is 4.53. The minimum Gasteiger partial charge on any atom is -0.463 e. The monoisotopic (exact) mass is 531 g/mol. The number of aromatic nitrogens is 1. The third-order valence-electron chi connectivity index (χ3n) is 4.04. The van der Waals surface area contributed by atoms with Gasteiger partial charge in [0, 0.05) is 21.6 Å². The SMILES string of the molecule is CCOC(=O)C1=C(CBr)NC(c2ncc(F)cc2F)=NC1c1ccc(F)cc1Br. The zero-order valence-electron chi connectivity index (χ0n) is 15.0. The molecule has 1 aromatic carbocycles. The fraction of sp³-hybridized carbons (Fsp3) is 0.211. The number of hydrogen-bond acceptors (Lipinski definition) is 5. The number of allylic oxidation sites excluding steroid dienone is 1. The lowest BCUT2D eigenvalue weighted by Crippen LogP contribution is -2.35. The zero-order chi connectivity index (χ0) is 21.1. The molecular weight excluding hydrogens is 519 g/mol. The predicted octanol–water partition coefficient (Wildman–Crippen LogP) is 4.56. The number of esters is 1. The molecule has 1 atom stereocenters. The van der Waals surface area contributed by atoms with Crippen LogP contribution in [0.4, 0.5) is 13.2 Å². The van der Waals surface area contributed by atoms with E-state index in [1.807, 2.05) is 0 Å². The first-order chi connectivity index (χ1) is 13.8. The van der Waals surface area contributed by atoms with Crippen LogP contribution >= 0.6 is 31.9 Å². The molecule has 0 aliphatic carbocycles. The van der Waals surface area contributed by atoms with E-state index < -0.39 is 29.5 Å². The van der Waals surface area contributed by atoms with Gasteiger partial charge in [-0.2, -0.15) is 0 Å². The number of pyridine rings is 1. The van der Waals surface area contributed by atoms with Gasteiger partial charge in [0.05, 0.1) is 18.4 Å². The quantitative estimate of drug-likeness (QED) is 0.453. The van der Waals surface area contributed by atoms with Gasteiger partial charge in [-0.25, -0.2) is 22.9 Å².